The molecule has 0 saturated carbocycles. The molecule has 1 spiro atoms. The van der Waals surface area contributed by atoms with E-state index in [9.17, 15) is 2.74 Å². The molecular formula is C75H60N4O. The number of aromatic nitrogens is 2. The van der Waals surface area contributed by atoms with E-state index < -0.39 is 37.8 Å². The molecule has 12 aromatic rings. The molecular weight excluding hydrogens is 973 g/mol. The fourth-order valence-corrected chi connectivity index (χ4v) is 13.1. The van der Waals surface area contributed by atoms with E-state index in [0.29, 0.717) is 39.6 Å². The third-order valence-electron chi connectivity index (χ3n) is 16.5. The van der Waals surface area contributed by atoms with Gasteiger partial charge in [-0.25, -0.2) is 4.98 Å². The summed E-state index contributed by atoms with van der Waals surface area (Å²) in [5.41, 5.74) is 14.1. The summed E-state index contributed by atoms with van der Waals surface area (Å²) in [6, 6.07) is 72.6. The maximum Gasteiger partial charge on any atom is 0.137 e. The lowest BCUT2D eigenvalue weighted by Gasteiger charge is -2.40. The molecule has 5 nitrogen and oxygen atoms in total. The summed E-state index contributed by atoms with van der Waals surface area (Å²) >= 11 is 0. The van der Waals surface area contributed by atoms with Crippen LogP contribution in [-0.4, -0.2) is 16.2 Å². The van der Waals surface area contributed by atoms with Gasteiger partial charge in [0.15, 0.2) is 0 Å². The van der Waals surface area contributed by atoms with E-state index in [2.05, 4.69) is 114 Å². The summed E-state index contributed by atoms with van der Waals surface area (Å²) in [7, 11) is 0. The van der Waals surface area contributed by atoms with E-state index in [-0.39, 0.29) is 23.4 Å². The van der Waals surface area contributed by atoms with Crippen molar-refractivity contribution >= 4 is 44.6 Å². The van der Waals surface area contributed by atoms with E-state index in [1.807, 2.05) is 120 Å². The maximum atomic E-state index is 9.76. The Labute approximate surface area is 484 Å². The second-order valence-corrected chi connectivity index (χ2v) is 22.2. The molecule has 0 unspecified atom stereocenters. The van der Waals surface area contributed by atoms with Crippen LogP contribution in [0, 0.1) is 20.6 Å². The van der Waals surface area contributed by atoms with Crippen LogP contribution >= 0.6 is 0 Å². The Morgan fingerprint density at radius 1 is 0.500 bits per heavy atom. The van der Waals surface area contributed by atoms with Gasteiger partial charge in [-0.1, -0.05) is 177 Å². The predicted octanol–water partition coefficient (Wildman–Crippen LogP) is 19.0. The molecule has 2 aliphatic carbocycles. The fourth-order valence-electron chi connectivity index (χ4n) is 13.1. The highest BCUT2D eigenvalue weighted by Gasteiger charge is 2.50. The van der Waals surface area contributed by atoms with Crippen molar-refractivity contribution in [2.45, 2.75) is 58.5 Å². The van der Waals surface area contributed by atoms with Crippen LogP contribution in [0.25, 0.3) is 61.0 Å². The van der Waals surface area contributed by atoms with Crippen LogP contribution in [0.4, 0.5) is 22.7 Å². The van der Waals surface area contributed by atoms with Crippen LogP contribution in [0.3, 0.4) is 0 Å². The molecule has 386 valence electrons. The van der Waals surface area contributed by atoms with E-state index in [4.69, 9.17) is 17.1 Å². The third kappa shape index (κ3) is 7.33. The molecule has 0 atom stereocenters. The minimum Gasteiger partial charge on any atom is -0.457 e. The van der Waals surface area contributed by atoms with Gasteiger partial charge in [0.05, 0.1) is 33.5 Å². The Morgan fingerprint density at radius 3 is 1.91 bits per heavy atom. The number of para-hydroxylation sites is 3. The first kappa shape index (κ1) is 37.4. The van der Waals surface area contributed by atoms with Gasteiger partial charge in [-0.3, -0.25) is 4.57 Å². The highest BCUT2D eigenvalue weighted by Crippen LogP contribution is 2.62. The SMILES string of the molecule is [2H]C([2H])([2H])c1cc(-c2cc(C(C)(C)C)cc(-c3cccc4c3-c3ccccc3C43c4ccccc4C([2H])([2H])c4ccccc43)c2N2CN(c3cccc(Oc4ccc5c6ccccc6n(-c6cc(C([2H])([2H])[2H])ccn6)c5c4)c3)c3ccccc32)cc(C([2H])([2H])[2H])c1. The molecule has 0 saturated heterocycles. The lowest BCUT2D eigenvalue weighted by atomic mass is 9.61. The highest BCUT2D eigenvalue weighted by atomic mass is 16.5. The summed E-state index contributed by atoms with van der Waals surface area (Å²) in [5.74, 6) is 1.57. The molecule has 0 N–H and O–H groups in total. The molecule has 2 aromatic heterocycles. The van der Waals surface area contributed by atoms with Gasteiger partial charge in [0.2, 0.25) is 0 Å². The van der Waals surface area contributed by atoms with Gasteiger partial charge >= 0.3 is 0 Å². The number of benzene rings is 10. The largest absolute Gasteiger partial charge is 0.457 e. The van der Waals surface area contributed by atoms with Gasteiger partial charge in [0.1, 0.15) is 24.0 Å². The Bertz CT molecular complexity index is 4890. The van der Waals surface area contributed by atoms with Crippen molar-refractivity contribution in [2.24, 2.45) is 0 Å². The number of hydrogen-bond acceptors (Lipinski definition) is 4. The van der Waals surface area contributed by atoms with Gasteiger partial charge in [0, 0.05) is 61.0 Å². The van der Waals surface area contributed by atoms with Crippen molar-refractivity contribution in [3.05, 3.63) is 286 Å². The summed E-state index contributed by atoms with van der Waals surface area (Å²) in [5, 5.41) is 1.92. The minimum absolute atomic E-state index is 0.0870. The summed E-state index contributed by atoms with van der Waals surface area (Å²) in [4.78, 5) is 9.14. The standard InChI is InChI=1S/C75H60N4O/c1-47-35-36-76-71(40-47)79-67-30-14-10-23-57(67)58-34-33-56(45-70(58)79)80-55-22-17-21-54(44-55)77-46-78(69-32-16-15-31-68(69)77)73-61(52-38-48(2)37-49(3)39-52)42-53(74(4,5)6)43-62(73)59-25-18-29-66-72(59)60-24-9-13-28-65(60)75(66)63-26-11-7-19-50(63)41-51-20-8-12-27-64(51)75/h7-40,42-45H,41,46H2,1-6H3/i1D3,2D3,3D3,41D2. The van der Waals surface area contributed by atoms with Crippen molar-refractivity contribution in [3.63, 3.8) is 0 Å². The number of fused-ring (bicyclic) bond motifs is 13. The Hall–Kier alpha value is -9.45. The molecule has 10 aromatic carbocycles. The molecule has 1 aliphatic heterocycles. The normalized spacial score (nSPS) is 17.0. The summed E-state index contributed by atoms with van der Waals surface area (Å²) < 4.78 is 105. The van der Waals surface area contributed by atoms with E-state index >= 15 is 0 Å². The van der Waals surface area contributed by atoms with Crippen LogP contribution in [0.15, 0.2) is 231 Å². The van der Waals surface area contributed by atoms with Gasteiger partial charge in [-0.05, 0) is 166 Å². The van der Waals surface area contributed by atoms with E-state index in [1.165, 1.54) is 18.3 Å². The average molecular weight is 1040 g/mol. The monoisotopic (exact) mass is 1040 g/mol. The molecule has 3 aliphatic rings. The minimum atomic E-state index is -2.65. The Morgan fingerprint density at radius 2 is 1.14 bits per heavy atom. The lowest BCUT2D eigenvalue weighted by Crippen LogP contribution is -2.34. The van der Waals surface area contributed by atoms with Gasteiger partial charge < -0.3 is 14.5 Å². The van der Waals surface area contributed by atoms with Crippen molar-refractivity contribution in [2.75, 3.05) is 16.5 Å². The molecule has 15 rings (SSSR count). The van der Waals surface area contributed by atoms with Crippen LogP contribution in [0.1, 0.15) is 91.5 Å². The van der Waals surface area contributed by atoms with E-state index in [0.717, 1.165) is 94.6 Å². The van der Waals surface area contributed by atoms with Crippen molar-refractivity contribution in [1.82, 2.24) is 9.55 Å². The first-order valence-electron chi connectivity index (χ1n) is 32.6. The average Bonchev–Trinajstić information content (AvgIpc) is 1.57. The number of hydrogen-bond donors (Lipinski definition) is 0. The first-order chi connectivity index (χ1) is 43.4. The molecule has 0 bridgehead atoms. The number of nitrogens with zero attached hydrogens (tertiary/aromatic N) is 4. The van der Waals surface area contributed by atoms with Gasteiger partial charge in [0.25, 0.3) is 0 Å². The molecule has 0 radical (unpaired) electrons. The number of aryl methyl sites for hydroxylation is 3. The second-order valence-electron chi connectivity index (χ2n) is 22.2. The number of pyridine rings is 1. The topological polar surface area (TPSA) is 33.5 Å². The zero-order valence-electron chi connectivity index (χ0n) is 55.3. The molecule has 5 heteroatoms. The Kier molecular flexibility index (Phi) is 8.43. The predicted molar refractivity (Wildman–Crippen MR) is 331 cm³/mol. The van der Waals surface area contributed by atoms with E-state index in [1.54, 1.807) is 18.2 Å². The fraction of sp³-hybridized carbons (Fsp3) is 0.133. The van der Waals surface area contributed by atoms with Crippen LogP contribution in [0.2, 0.25) is 0 Å². The molecule has 80 heavy (non-hydrogen) atoms. The number of ether oxygens (including phenoxy) is 1. The van der Waals surface area contributed by atoms with Crippen LogP contribution in [-0.2, 0) is 17.2 Å². The van der Waals surface area contributed by atoms with Gasteiger partial charge in [-0.15, -0.1) is 0 Å². The summed E-state index contributed by atoms with van der Waals surface area (Å²) in [6.45, 7) is -0.958. The van der Waals surface area contributed by atoms with Crippen molar-refractivity contribution in [3.8, 4) is 50.7 Å². The lowest BCUT2D eigenvalue weighted by molar-refractivity contribution is 0.483. The third-order valence-corrected chi connectivity index (χ3v) is 16.5. The summed E-state index contributed by atoms with van der Waals surface area (Å²) in [6.07, 6.45) is -0.277. The molecule has 0 amide bonds. The number of anilines is 4. The second kappa shape index (κ2) is 18.1. The van der Waals surface area contributed by atoms with Crippen molar-refractivity contribution in [1.29, 1.82) is 0 Å². The highest BCUT2D eigenvalue weighted by molar-refractivity contribution is 6.10. The maximum absolute atomic E-state index is 9.76. The Balaban J connectivity index is 0.934. The first-order valence-corrected chi connectivity index (χ1v) is 27.1. The van der Waals surface area contributed by atoms with Crippen LogP contribution < -0.4 is 14.5 Å². The smallest absolute Gasteiger partial charge is 0.137 e. The quantitative estimate of drug-likeness (QED) is 0.159. The zero-order chi connectivity index (χ0) is 63.3. The molecule has 3 heterocycles. The number of rotatable bonds is 7. The zero-order valence-corrected chi connectivity index (χ0v) is 44.3. The molecule has 0 fully saturated rings. The van der Waals surface area contributed by atoms with Gasteiger partial charge in [-0.2, -0.15) is 0 Å². The van der Waals surface area contributed by atoms with Crippen molar-refractivity contribution < 1.29 is 19.8 Å². The van der Waals surface area contributed by atoms with Crippen LogP contribution in [0.5, 0.6) is 11.5 Å².